The summed E-state index contributed by atoms with van der Waals surface area (Å²) < 4.78 is 1.30. The average Bonchev–Trinajstić information content (AvgIpc) is 2.62. The number of hydrogen-bond donors (Lipinski definition) is 1. The van der Waals surface area contributed by atoms with Gasteiger partial charge >= 0.3 is 0 Å². The van der Waals surface area contributed by atoms with Crippen LogP contribution in [0.5, 0.6) is 0 Å². The van der Waals surface area contributed by atoms with Gasteiger partial charge in [0, 0.05) is 12.7 Å². The molecule has 0 atom stereocenters. The molecule has 0 amide bonds. The van der Waals surface area contributed by atoms with Crippen LogP contribution in [-0.4, -0.2) is 15.6 Å². The van der Waals surface area contributed by atoms with Crippen molar-refractivity contribution in [2.75, 3.05) is 0 Å². The number of rotatable bonds is 3. The first-order valence-corrected chi connectivity index (χ1v) is 5.62. The lowest BCUT2D eigenvalue weighted by atomic mass is 10.1. The molecule has 1 N–H and O–H groups in total. The monoisotopic (exact) mass is 242 g/mol. The number of hydrogen-bond acceptors (Lipinski definition) is 2. The van der Waals surface area contributed by atoms with Crippen molar-refractivity contribution in [3.05, 3.63) is 63.6 Å². The molecule has 0 aliphatic carbocycles. The second-order valence-electron chi connectivity index (χ2n) is 4.08. The number of aryl methyl sites for hydroxylation is 2. The predicted octanol–water partition coefficient (Wildman–Crippen LogP) is 1.92. The van der Waals surface area contributed by atoms with Crippen LogP contribution in [-0.2, 0) is 7.05 Å². The molecule has 0 fully saturated rings. The van der Waals surface area contributed by atoms with Gasteiger partial charge in [-0.1, -0.05) is 36.4 Å². The molecule has 1 heterocycles. The lowest BCUT2D eigenvalue weighted by Crippen LogP contribution is -2.18. The fourth-order valence-electron chi connectivity index (χ4n) is 1.80. The lowest BCUT2D eigenvalue weighted by Gasteiger charge is -1.92. The number of aromatic nitrogens is 2. The number of allylic oxidation sites excluding steroid dienone is 1. The quantitative estimate of drug-likeness (QED) is 0.660. The Balaban J connectivity index is 2.28. The van der Waals surface area contributed by atoms with Crippen molar-refractivity contribution >= 4 is 11.9 Å². The van der Waals surface area contributed by atoms with E-state index in [0.29, 0.717) is 5.69 Å². The minimum atomic E-state index is -0.296. The number of nitrogens with zero attached hydrogens (tertiary/aromatic N) is 1. The Kier molecular flexibility index (Phi) is 3.28. The van der Waals surface area contributed by atoms with Crippen molar-refractivity contribution in [2.45, 2.75) is 6.92 Å². The first-order valence-electron chi connectivity index (χ1n) is 5.62. The lowest BCUT2D eigenvalue weighted by molar-refractivity contribution is 0.104. The van der Waals surface area contributed by atoms with Gasteiger partial charge in [0.05, 0.1) is 0 Å². The fraction of sp³-hybridized carbons (Fsp3) is 0.143. The molecule has 0 spiro atoms. The molecule has 2 rings (SSSR count). The maximum Gasteiger partial charge on any atom is 0.277 e. The second-order valence-corrected chi connectivity index (χ2v) is 4.08. The van der Waals surface area contributed by atoms with Crippen molar-refractivity contribution in [3.63, 3.8) is 0 Å². The maximum atomic E-state index is 12.0. The van der Waals surface area contributed by atoms with E-state index in [9.17, 15) is 9.59 Å². The minimum absolute atomic E-state index is 0.199. The van der Waals surface area contributed by atoms with Crippen LogP contribution >= 0.6 is 0 Å². The normalized spacial score (nSPS) is 11.0. The van der Waals surface area contributed by atoms with Crippen LogP contribution in [0.2, 0.25) is 0 Å². The van der Waals surface area contributed by atoms with Crippen molar-refractivity contribution in [3.8, 4) is 0 Å². The molecular formula is C14H14N2O2. The third-order valence-corrected chi connectivity index (χ3v) is 2.70. The third-order valence-electron chi connectivity index (χ3n) is 2.70. The Hall–Kier alpha value is -2.36. The molecule has 0 saturated heterocycles. The fourth-order valence-corrected chi connectivity index (χ4v) is 1.80. The molecule has 0 saturated carbocycles. The van der Waals surface area contributed by atoms with E-state index in [1.165, 1.54) is 10.8 Å². The van der Waals surface area contributed by atoms with Gasteiger partial charge in [0.1, 0.15) is 5.56 Å². The summed E-state index contributed by atoms with van der Waals surface area (Å²) in [6.07, 6.45) is 3.13. The molecule has 18 heavy (non-hydrogen) atoms. The first-order chi connectivity index (χ1) is 8.59. The summed E-state index contributed by atoms with van der Waals surface area (Å²) in [5.74, 6) is -0.279. The molecule has 2 aromatic rings. The van der Waals surface area contributed by atoms with E-state index in [4.69, 9.17) is 0 Å². The van der Waals surface area contributed by atoms with E-state index in [1.54, 1.807) is 20.0 Å². The highest BCUT2D eigenvalue weighted by atomic mass is 16.2. The standard InChI is InChI=1S/C14H14N2O2/c1-10-13(14(18)16(2)15-10)12(17)9-8-11-6-4-3-5-7-11/h3-9,15H,1-2H3/b9-8+. The molecule has 0 radical (unpaired) electrons. The van der Waals surface area contributed by atoms with E-state index >= 15 is 0 Å². The van der Waals surface area contributed by atoms with Crippen LogP contribution in [0.4, 0.5) is 0 Å². The summed E-state index contributed by atoms with van der Waals surface area (Å²) in [5, 5.41) is 2.80. The van der Waals surface area contributed by atoms with Crippen LogP contribution in [0.25, 0.3) is 6.08 Å². The van der Waals surface area contributed by atoms with E-state index in [0.717, 1.165) is 5.56 Å². The van der Waals surface area contributed by atoms with Gasteiger partial charge in [0.15, 0.2) is 5.78 Å². The largest absolute Gasteiger partial charge is 0.299 e. The molecule has 4 nitrogen and oxygen atoms in total. The van der Waals surface area contributed by atoms with Crippen LogP contribution in [0.1, 0.15) is 21.6 Å². The van der Waals surface area contributed by atoms with Crippen LogP contribution in [0.3, 0.4) is 0 Å². The number of H-pyrrole nitrogens is 1. The average molecular weight is 242 g/mol. The van der Waals surface area contributed by atoms with Crippen LogP contribution in [0.15, 0.2) is 41.2 Å². The maximum absolute atomic E-state index is 12.0. The number of nitrogens with one attached hydrogen (secondary N) is 1. The summed E-state index contributed by atoms with van der Waals surface area (Å²) in [5.41, 5.74) is 1.42. The Labute approximate surface area is 105 Å². The van der Waals surface area contributed by atoms with E-state index in [2.05, 4.69) is 5.10 Å². The third kappa shape index (κ3) is 2.32. The van der Waals surface area contributed by atoms with Gasteiger partial charge in [-0.15, -0.1) is 0 Å². The highest BCUT2D eigenvalue weighted by Crippen LogP contribution is 2.05. The smallest absolute Gasteiger partial charge is 0.277 e. The molecule has 0 aliphatic rings. The highest BCUT2D eigenvalue weighted by molar-refractivity contribution is 6.07. The molecule has 4 heteroatoms. The molecule has 0 aliphatic heterocycles. The Morgan fingerprint density at radius 1 is 1.28 bits per heavy atom. The van der Waals surface area contributed by atoms with Gasteiger partial charge in [-0.05, 0) is 18.6 Å². The first kappa shape index (κ1) is 12.1. The summed E-state index contributed by atoms with van der Waals surface area (Å²) in [7, 11) is 1.59. The Morgan fingerprint density at radius 3 is 2.50 bits per heavy atom. The van der Waals surface area contributed by atoms with Gasteiger partial charge in [-0.3, -0.25) is 19.4 Å². The van der Waals surface area contributed by atoms with Crippen molar-refractivity contribution in [1.82, 2.24) is 9.78 Å². The highest BCUT2D eigenvalue weighted by Gasteiger charge is 2.14. The zero-order valence-corrected chi connectivity index (χ0v) is 10.3. The second kappa shape index (κ2) is 4.87. The topological polar surface area (TPSA) is 54.9 Å². The summed E-state index contributed by atoms with van der Waals surface area (Å²) in [4.78, 5) is 23.7. The zero-order chi connectivity index (χ0) is 13.1. The number of ketones is 1. The summed E-state index contributed by atoms with van der Waals surface area (Å²) >= 11 is 0. The van der Waals surface area contributed by atoms with E-state index < -0.39 is 0 Å². The molecule has 1 aromatic carbocycles. The number of carbonyl (C=O) groups excluding carboxylic acids is 1. The van der Waals surface area contributed by atoms with Gasteiger partial charge in [-0.2, -0.15) is 0 Å². The number of carbonyl (C=O) groups is 1. The molecule has 0 bridgehead atoms. The summed E-state index contributed by atoms with van der Waals surface area (Å²) in [6, 6.07) is 9.48. The van der Waals surface area contributed by atoms with Crippen molar-refractivity contribution in [2.24, 2.45) is 7.05 Å². The van der Waals surface area contributed by atoms with Gasteiger partial charge < -0.3 is 0 Å². The molecule has 92 valence electrons. The number of benzene rings is 1. The van der Waals surface area contributed by atoms with Gasteiger partial charge in [-0.25, -0.2) is 0 Å². The van der Waals surface area contributed by atoms with E-state index in [1.807, 2.05) is 30.3 Å². The van der Waals surface area contributed by atoms with Crippen LogP contribution < -0.4 is 5.56 Å². The van der Waals surface area contributed by atoms with Crippen LogP contribution in [0, 0.1) is 6.92 Å². The van der Waals surface area contributed by atoms with Crippen molar-refractivity contribution < 1.29 is 4.79 Å². The van der Waals surface area contributed by atoms with E-state index in [-0.39, 0.29) is 16.9 Å². The minimum Gasteiger partial charge on any atom is -0.299 e. The number of aromatic amines is 1. The molecule has 1 aromatic heterocycles. The molecular weight excluding hydrogens is 228 g/mol. The van der Waals surface area contributed by atoms with Gasteiger partial charge in [0.25, 0.3) is 5.56 Å². The summed E-state index contributed by atoms with van der Waals surface area (Å²) in [6.45, 7) is 1.71. The Morgan fingerprint density at radius 2 is 1.94 bits per heavy atom. The molecule has 0 unspecified atom stereocenters. The SMILES string of the molecule is Cc1[nH]n(C)c(=O)c1C(=O)/C=C/c1ccccc1. The zero-order valence-electron chi connectivity index (χ0n) is 10.3. The van der Waals surface area contributed by atoms with Crippen molar-refractivity contribution in [1.29, 1.82) is 0 Å². The predicted molar refractivity (Wildman–Crippen MR) is 70.6 cm³/mol. The Bertz CT molecular complexity index is 648. The van der Waals surface area contributed by atoms with Gasteiger partial charge in [0.2, 0.25) is 0 Å².